The lowest BCUT2D eigenvalue weighted by atomic mass is 10.2. The number of rotatable bonds is 5. The monoisotopic (exact) mass is 332 g/mol. The third kappa shape index (κ3) is 4.16. The first-order chi connectivity index (χ1) is 9.85. The van der Waals surface area contributed by atoms with Gasteiger partial charge in [0.1, 0.15) is 12.1 Å². The van der Waals surface area contributed by atoms with Gasteiger partial charge in [-0.1, -0.05) is 24.3 Å². The summed E-state index contributed by atoms with van der Waals surface area (Å²) < 4.78 is 0. The molecule has 6 heteroatoms. The summed E-state index contributed by atoms with van der Waals surface area (Å²) in [6.07, 6.45) is 0. The summed E-state index contributed by atoms with van der Waals surface area (Å²) in [5, 5.41) is 18.0. The molecule has 0 aromatic heterocycles. The highest BCUT2D eigenvalue weighted by Crippen LogP contribution is 2.50. The number of nitriles is 2. The SMILES string of the molecule is N#Cc1ccccc1SSSSc1ccccc1C#N. The molecule has 0 saturated heterocycles. The summed E-state index contributed by atoms with van der Waals surface area (Å²) in [7, 11) is 6.29. The minimum atomic E-state index is 0.688. The van der Waals surface area contributed by atoms with Crippen molar-refractivity contribution in [3.05, 3.63) is 59.7 Å². The first-order valence-corrected chi connectivity index (χ1v) is 10.3. The van der Waals surface area contributed by atoms with Gasteiger partial charge >= 0.3 is 0 Å². The van der Waals surface area contributed by atoms with E-state index in [1.807, 2.05) is 48.5 Å². The van der Waals surface area contributed by atoms with E-state index in [-0.39, 0.29) is 0 Å². The zero-order valence-corrected chi connectivity index (χ0v) is 13.4. The van der Waals surface area contributed by atoms with E-state index >= 15 is 0 Å². The third-order valence-corrected chi connectivity index (χ3v) is 8.43. The van der Waals surface area contributed by atoms with Crippen molar-refractivity contribution in [3.63, 3.8) is 0 Å². The van der Waals surface area contributed by atoms with E-state index in [0.29, 0.717) is 11.1 Å². The fraction of sp³-hybridized carbons (Fsp3) is 0. The van der Waals surface area contributed by atoms with Crippen LogP contribution < -0.4 is 0 Å². The van der Waals surface area contributed by atoms with Crippen LogP contribution in [0.4, 0.5) is 0 Å². The molecular weight excluding hydrogens is 324 g/mol. The highest BCUT2D eigenvalue weighted by atomic mass is 33.7. The van der Waals surface area contributed by atoms with Crippen molar-refractivity contribution in [2.75, 3.05) is 0 Å². The molecule has 0 aliphatic heterocycles. The van der Waals surface area contributed by atoms with Crippen molar-refractivity contribution in [1.29, 1.82) is 10.5 Å². The molecular formula is C14H8N2S4. The summed E-state index contributed by atoms with van der Waals surface area (Å²) in [5.74, 6) is 0. The molecule has 0 aliphatic carbocycles. The van der Waals surface area contributed by atoms with Gasteiger partial charge in [0.25, 0.3) is 0 Å². The second-order valence-electron chi connectivity index (χ2n) is 3.52. The van der Waals surface area contributed by atoms with E-state index in [9.17, 15) is 0 Å². The zero-order valence-electron chi connectivity index (χ0n) is 10.1. The first-order valence-electron chi connectivity index (χ1n) is 5.51. The fourth-order valence-electron chi connectivity index (χ4n) is 1.36. The standard InChI is InChI=1S/C14H8N2S4/c15-9-11-5-1-3-7-13(11)17-19-20-18-14-8-4-2-6-12(14)10-16/h1-8H. The fourth-order valence-corrected chi connectivity index (χ4v) is 7.04. The Morgan fingerprint density at radius 1 is 0.650 bits per heavy atom. The van der Waals surface area contributed by atoms with Crippen molar-refractivity contribution in [2.24, 2.45) is 0 Å². The maximum absolute atomic E-state index is 9.00. The Bertz CT molecular complexity index is 614. The molecule has 0 bridgehead atoms. The van der Waals surface area contributed by atoms with Crippen LogP contribution >= 0.6 is 41.2 Å². The predicted octanol–water partition coefficient (Wildman–Crippen LogP) is 5.53. The van der Waals surface area contributed by atoms with E-state index in [0.717, 1.165) is 9.79 Å². The van der Waals surface area contributed by atoms with E-state index in [4.69, 9.17) is 10.5 Å². The summed E-state index contributed by atoms with van der Waals surface area (Å²) in [5.41, 5.74) is 1.38. The molecule has 0 unspecified atom stereocenters. The zero-order chi connectivity index (χ0) is 14.2. The van der Waals surface area contributed by atoms with Gasteiger partial charge in [-0.15, -0.1) is 0 Å². The lowest BCUT2D eigenvalue weighted by Gasteiger charge is -2.03. The van der Waals surface area contributed by atoms with E-state index in [1.165, 1.54) is 0 Å². The topological polar surface area (TPSA) is 47.6 Å². The summed E-state index contributed by atoms with van der Waals surface area (Å²) in [4.78, 5) is 1.92. The Morgan fingerprint density at radius 3 is 1.45 bits per heavy atom. The maximum atomic E-state index is 9.00. The second-order valence-corrected chi connectivity index (χ2v) is 9.27. The molecule has 0 fully saturated rings. The Balaban J connectivity index is 1.88. The molecule has 0 heterocycles. The number of hydrogen-bond acceptors (Lipinski definition) is 6. The number of hydrogen-bond donors (Lipinski definition) is 0. The van der Waals surface area contributed by atoms with Gasteiger partial charge in [0, 0.05) is 9.79 Å². The summed E-state index contributed by atoms with van der Waals surface area (Å²) in [6.45, 7) is 0. The molecule has 0 aliphatic rings. The molecule has 0 N–H and O–H groups in total. The predicted molar refractivity (Wildman–Crippen MR) is 89.2 cm³/mol. The Hall–Kier alpha value is -1.18. The summed E-state index contributed by atoms with van der Waals surface area (Å²) in [6, 6.07) is 19.4. The average molecular weight is 333 g/mol. The van der Waals surface area contributed by atoms with Gasteiger partial charge in [0.2, 0.25) is 0 Å². The highest BCUT2D eigenvalue weighted by molar-refractivity contribution is 9.26. The minimum Gasteiger partial charge on any atom is -0.192 e. The third-order valence-electron chi connectivity index (χ3n) is 2.29. The van der Waals surface area contributed by atoms with Gasteiger partial charge in [-0.2, -0.15) is 10.5 Å². The molecule has 2 nitrogen and oxygen atoms in total. The van der Waals surface area contributed by atoms with Crippen molar-refractivity contribution < 1.29 is 0 Å². The van der Waals surface area contributed by atoms with Gasteiger partial charge in [0.15, 0.2) is 0 Å². The first kappa shape index (κ1) is 15.2. The Kier molecular flexibility index (Phi) is 6.23. The lowest BCUT2D eigenvalue weighted by Crippen LogP contribution is -1.77. The van der Waals surface area contributed by atoms with Gasteiger partial charge in [-0.05, 0) is 65.5 Å². The van der Waals surface area contributed by atoms with Gasteiger partial charge in [-0.3, -0.25) is 0 Å². The highest BCUT2D eigenvalue weighted by Gasteiger charge is 2.05. The molecule has 98 valence electrons. The smallest absolute Gasteiger partial charge is 0.100 e. The van der Waals surface area contributed by atoms with Crippen LogP contribution in [0.25, 0.3) is 0 Å². The van der Waals surface area contributed by atoms with Gasteiger partial charge in [-0.25, -0.2) is 0 Å². The summed E-state index contributed by atoms with van der Waals surface area (Å²) >= 11 is 0. The van der Waals surface area contributed by atoms with E-state index in [1.54, 1.807) is 41.2 Å². The van der Waals surface area contributed by atoms with Crippen molar-refractivity contribution in [2.45, 2.75) is 9.79 Å². The van der Waals surface area contributed by atoms with Crippen molar-refractivity contribution in [1.82, 2.24) is 0 Å². The van der Waals surface area contributed by atoms with Crippen molar-refractivity contribution >= 4 is 41.2 Å². The lowest BCUT2D eigenvalue weighted by molar-refractivity contribution is 1.38. The number of nitrogens with zero attached hydrogens (tertiary/aromatic N) is 2. The molecule has 2 rings (SSSR count). The Morgan fingerprint density at radius 2 is 1.05 bits per heavy atom. The Labute approximate surface area is 133 Å². The van der Waals surface area contributed by atoms with Crippen molar-refractivity contribution in [3.8, 4) is 12.1 Å². The molecule has 0 amide bonds. The normalized spacial score (nSPS) is 9.70. The van der Waals surface area contributed by atoms with Crippen LogP contribution in [-0.4, -0.2) is 0 Å². The van der Waals surface area contributed by atoms with Crippen LogP contribution in [0, 0.1) is 22.7 Å². The quantitative estimate of drug-likeness (QED) is 0.530. The van der Waals surface area contributed by atoms with Gasteiger partial charge < -0.3 is 0 Å². The molecule has 20 heavy (non-hydrogen) atoms. The van der Waals surface area contributed by atoms with Crippen LogP contribution in [0.1, 0.15) is 11.1 Å². The second kappa shape index (κ2) is 8.18. The maximum Gasteiger partial charge on any atom is 0.100 e. The van der Waals surface area contributed by atoms with Crippen LogP contribution in [-0.2, 0) is 0 Å². The largest absolute Gasteiger partial charge is 0.192 e. The number of benzene rings is 2. The van der Waals surface area contributed by atoms with E-state index < -0.39 is 0 Å². The van der Waals surface area contributed by atoms with Gasteiger partial charge in [0.05, 0.1) is 11.1 Å². The van der Waals surface area contributed by atoms with Crippen LogP contribution in [0.15, 0.2) is 58.3 Å². The van der Waals surface area contributed by atoms with Crippen LogP contribution in [0.5, 0.6) is 0 Å². The van der Waals surface area contributed by atoms with Crippen LogP contribution in [0.3, 0.4) is 0 Å². The van der Waals surface area contributed by atoms with Crippen LogP contribution in [0.2, 0.25) is 0 Å². The minimum absolute atomic E-state index is 0.688. The molecule has 2 aromatic rings. The molecule has 0 spiro atoms. The average Bonchev–Trinajstić information content (AvgIpc) is 2.52. The molecule has 0 atom stereocenters. The molecule has 2 aromatic carbocycles. The molecule has 0 radical (unpaired) electrons. The van der Waals surface area contributed by atoms with E-state index in [2.05, 4.69) is 12.1 Å². The molecule has 0 saturated carbocycles.